The van der Waals surface area contributed by atoms with Crippen LogP contribution in [0, 0.1) is 11.3 Å². The molecule has 4 nitrogen and oxygen atoms in total. The zero-order valence-corrected chi connectivity index (χ0v) is 10.6. The third-order valence-electron chi connectivity index (χ3n) is 2.23. The second kappa shape index (κ2) is 7.91. The molecule has 18 heavy (non-hydrogen) atoms. The summed E-state index contributed by atoms with van der Waals surface area (Å²) in [6, 6.07) is 9.58. The third-order valence-corrected chi connectivity index (χ3v) is 2.23. The molecule has 0 unspecified atom stereocenters. The lowest BCUT2D eigenvalue weighted by Crippen LogP contribution is -2.37. The Labute approximate surface area is 108 Å². The molecule has 0 aliphatic rings. The smallest absolute Gasteiger partial charge is 0.191 e. The van der Waals surface area contributed by atoms with Gasteiger partial charge in [-0.3, -0.25) is 0 Å². The highest BCUT2D eigenvalue weighted by Gasteiger charge is 1.97. The maximum absolute atomic E-state index is 8.82. The van der Waals surface area contributed by atoms with Crippen LogP contribution >= 0.6 is 0 Å². The van der Waals surface area contributed by atoms with Crippen molar-refractivity contribution in [2.75, 3.05) is 13.1 Å². The number of rotatable bonds is 5. The predicted octanol–water partition coefficient (Wildman–Crippen LogP) is 1.80. The van der Waals surface area contributed by atoms with E-state index in [0.717, 1.165) is 18.1 Å². The van der Waals surface area contributed by atoms with E-state index < -0.39 is 0 Å². The van der Waals surface area contributed by atoms with Crippen molar-refractivity contribution >= 4 is 5.96 Å². The largest absolute Gasteiger partial charge is 0.357 e. The second-order valence-electron chi connectivity index (χ2n) is 3.68. The number of hydrogen-bond acceptors (Lipinski definition) is 2. The fourth-order valence-corrected chi connectivity index (χ4v) is 1.42. The van der Waals surface area contributed by atoms with Gasteiger partial charge in [-0.05, 0) is 24.6 Å². The van der Waals surface area contributed by atoms with Crippen molar-refractivity contribution in [3.63, 3.8) is 0 Å². The fraction of sp³-hybridized carbons (Fsp3) is 0.286. The van der Waals surface area contributed by atoms with Gasteiger partial charge in [0.05, 0.1) is 18.2 Å². The number of nitriles is 1. The molecule has 1 rings (SSSR count). The summed E-state index contributed by atoms with van der Waals surface area (Å²) in [4.78, 5) is 4.43. The van der Waals surface area contributed by atoms with Crippen LogP contribution in [0.15, 0.2) is 41.9 Å². The average Bonchev–Trinajstić information content (AvgIpc) is 2.42. The van der Waals surface area contributed by atoms with Gasteiger partial charge in [0.2, 0.25) is 0 Å². The molecule has 0 spiro atoms. The number of nitrogens with one attached hydrogen (secondary N) is 2. The van der Waals surface area contributed by atoms with Gasteiger partial charge < -0.3 is 10.6 Å². The standard InChI is InChI=1S/C14H18N4/c1-3-8-17-14(16-4-2)18-11-13-7-5-6-12(9-13)10-15/h3,5-7,9H,1,4,8,11H2,2H3,(H2,16,17,18). The lowest BCUT2D eigenvalue weighted by Gasteiger charge is -2.09. The quantitative estimate of drug-likeness (QED) is 0.470. The molecule has 0 aromatic heterocycles. The molecule has 0 fully saturated rings. The van der Waals surface area contributed by atoms with Crippen LogP contribution in [0.25, 0.3) is 0 Å². The normalized spacial score (nSPS) is 10.6. The topological polar surface area (TPSA) is 60.2 Å². The first-order chi connectivity index (χ1) is 8.80. The highest BCUT2D eigenvalue weighted by molar-refractivity contribution is 5.79. The summed E-state index contributed by atoms with van der Waals surface area (Å²) in [5.41, 5.74) is 1.68. The van der Waals surface area contributed by atoms with Crippen molar-refractivity contribution in [3.05, 3.63) is 48.0 Å². The number of guanidine groups is 1. The Balaban J connectivity index is 2.68. The summed E-state index contributed by atoms with van der Waals surface area (Å²) in [5.74, 6) is 0.750. The number of benzene rings is 1. The molecule has 0 aliphatic carbocycles. The van der Waals surface area contributed by atoms with Crippen LogP contribution in [-0.4, -0.2) is 19.0 Å². The molecule has 1 aromatic rings. The van der Waals surface area contributed by atoms with Crippen molar-refractivity contribution in [2.45, 2.75) is 13.5 Å². The zero-order chi connectivity index (χ0) is 13.2. The highest BCUT2D eigenvalue weighted by atomic mass is 15.2. The average molecular weight is 242 g/mol. The van der Waals surface area contributed by atoms with Crippen molar-refractivity contribution in [1.82, 2.24) is 10.6 Å². The van der Waals surface area contributed by atoms with Gasteiger partial charge in [-0.15, -0.1) is 6.58 Å². The second-order valence-corrected chi connectivity index (χ2v) is 3.68. The van der Waals surface area contributed by atoms with Crippen LogP contribution in [0.2, 0.25) is 0 Å². The molecule has 0 saturated heterocycles. The molecule has 94 valence electrons. The minimum atomic E-state index is 0.544. The van der Waals surface area contributed by atoms with E-state index in [0.29, 0.717) is 18.7 Å². The molecule has 0 radical (unpaired) electrons. The minimum Gasteiger partial charge on any atom is -0.357 e. The minimum absolute atomic E-state index is 0.544. The Morgan fingerprint density at radius 1 is 1.50 bits per heavy atom. The van der Waals surface area contributed by atoms with Crippen molar-refractivity contribution in [2.24, 2.45) is 4.99 Å². The number of hydrogen-bond donors (Lipinski definition) is 2. The van der Waals surface area contributed by atoms with Gasteiger partial charge in [0, 0.05) is 13.1 Å². The number of aliphatic imine (C=N–C) groups is 1. The van der Waals surface area contributed by atoms with Crippen LogP contribution in [0.5, 0.6) is 0 Å². The molecule has 0 atom stereocenters. The van der Waals surface area contributed by atoms with E-state index in [4.69, 9.17) is 5.26 Å². The molecule has 1 aromatic carbocycles. The van der Waals surface area contributed by atoms with Crippen LogP contribution in [-0.2, 0) is 6.54 Å². The molecule has 0 bridgehead atoms. The monoisotopic (exact) mass is 242 g/mol. The lowest BCUT2D eigenvalue weighted by atomic mass is 10.1. The summed E-state index contributed by atoms with van der Waals surface area (Å²) in [7, 11) is 0. The zero-order valence-electron chi connectivity index (χ0n) is 10.6. The van der Waals surface area contributed by atoms with Gasteiger partial charge in [0.15, 0.2) is 5.96 Å². The van der Waals surface area contributed by atoms with Crippen LogP contribution in [0.4, 0.5) is 0 Å². The van der Waals surface area contributed by atoms with Crippen molar-refractivity contribution in [1.29, 1.82) is 5.26 Å². The van der Waals surface area contributed by atoms with E-state index >= 15 is 0 Å². The summed E-state index contributed by atoms with van der Waals surface area (Å²) in [5, 5.41) is 15.1. The Bertz CT molecular complexity index is 457. The van der Waals surface area contributed by atoms with Gasteiger partial charge in [-0.25, -0.2) is 4.99 Å². The van der Waals surface area contributed by atoms with Crippen LogP contribution in [0.3, 0.4) is 0 Å². The Morgan fingerprint density at radius 3 is 3.00 bits per heavy atom. The van der Waals surface area contributed by atoms with E-state index in [1.807, 2.05) is 25.1 Å². The molecular formula is C14H18N4. The molecule has 4 heteroatoms. The van der Waals surface area contributed by atoms with Gasteiger partial charge in [-0.2, -0.15) is 5.26 Å². The van der Waals surface area contributed by atoms with Gasteiger partial charge in [0.25, 0.3) is 0 Å². The van der Waals surface area contributed by atoms with Crippen molar-refractivity contribution < 1.29 is 0 Å². The van der Waals surface area contributed by atoms with Gasteiger partial charge in [0.1, 0.15) is 0 Å². The van der Waals surface area contributed by atoms with Gasteiger partial charge >= 0.3 is 0 Å². The van der Waals surface area contributed by atoms with Crippen LogP contribution < -0.4 is 10.6 Å². The SMILES string of the molecule is C=CCNC(=NCc1cccc(C#N)c1)NCC. The number of nitrogens with zero attached hydrogens (tertiary/aromatic N) is 2. The Hall–Kier alpha value is -2.28. The van der Waals surface area contributed by atoms with E-state index in [-0.39, 0.29) is 0 Å². The fourth-order valence-electron chi connectivity index (χ4n) is 1.42. The summed E-state index contributed by atoms with van der Waals surface area (Å²) in [6.07, 6.45) is 1.78. The van der Waals surface area contributed by atoms with E-state index in [1.54, 1.807) is 12.1 Å². The maximum atomic E-state index is 8.82. The van der Waals surface area contributed by atoms with Gasteiger partial charge in [-0.1, -0.05) is 18.2 Å². The molecule has 0 saturated carbocycles. The van der Waals surface area contributed by atoms with E-state index in [9.17, 15) is 0 Å². The maximum Gasteiger partial charge on any atom is 0.191 e. The summed E-state index contributed by atoms with van der Waals surface area (Å²) >= 11 is 0. The summed E-state index contributed by atoms with van der Waals surface area (Å²) in [6.45, 7) is 7.69. The van der Waals surface area contributed by atoms with Crippen LogP contribution in [0.1, 0.15) is 18.1 Å². The first-order valence-electron chi connectivity index (χ1n) is 5.92. The Kier molecular flexibility index (Phi) is 6.05. The lowest BCUT2D eigenvalue weighted by molar-refractivity contribution is 0.860. The predicted molar refractivity (Wildman–Crippen MR) is 74.2 cm³/mol. The van der Waals surface area contributed by atoms with Crippen molar-refractivity contribution in [3.8, 4) is 6.07 Å². The molecule has 2 N–H and O–H groups in total. The Morgan fingerprint density at radius 2 is 2.33 bits per heavy atom. The first kappa shape index (κ1) is 13.8. The molecular weight excluding hydrogens is 224 g/mol. The first-order valence-corrected chi connectivity index (χ1v) is 5.92. The molecule has 0 amide bonds. The molecule has 0 heterocycles. The highest BCUT2D eigenvalue weighted by Crippen LogP contribution is 2.05. The van der Waals surface area contributed by atoms with E-state index in [2.05, 4.69) is 28.3 Å². The van der Waals surface area contributed by atoms with E-state index in [1.165, 1.54) is 0 Å². The third kappa shape index (κ3) is 4.71. The summed E-state index contributed by atoms with van der Waals surface area (Å²) < 4.78 is 0. The molecule has 0 aliphatic heterocycles.